The summed E-state index contributed by atoms with van der Waals surface area (Å²) < 4.78 is 12.0. The molecule has 9 heteroatoms. The molecule has 0 unspecified atom stereocenters. The highest BCUT2D eigenvalue weighted by Gasteiger charge is 2.21. The molecule has 0 spiro atoms. The Hall–Kier alpha value is -3.35. The zero-order valence-corrected chi connectivity index (χ0v) is 16.1. The average Bonchev–Trinajstić information content (AvgIpc) is 3.14. The smallest absolute Gasteiger partial charge is 0.278 e. The van der Waals surface area contributed by atoms with Gasteiger partial charge < -0.3 is 14.8 Å². The molecule has 0 fully saturated rings. The van der Waals surface area contributed by atoms with Gasteiger partial charge in [0.05, 0.1) is 19.4 Å². The summed E-state index contributed by atoms with van der Waals surface area (Å²) in [6, 6.07) is 14.2. The molecule has 0 bridgehead atoms. The van der Waals surface area contributed by atoms with Crippen molar-refractivity contribution in [2.75, 3.05) is 19.5 Å². The fraction of sp³-hybridized carbons (Fsp3) is 0.158. The van der Waals surface area contributed by atoms with E-state index in [-0.39, 0.29) is 12.3 Å². The first-order valence-electron chi connectivity index (χ1n) is 8.21. The molecule has 0 radical (unpaired) electrons. The van der Waals surface area contributed by atoms with E-state index in [0.717, 1.165) is 22.3 Å². The number of thiocyanates is 1. The second-order valence-corrected chi connectivity index (χ2v) is 6.46. The van der Waals surface area contributed by atoms with E-state index < -0.39 is 5.91 Å². The Balaban J connectivity index is 1.85. The van der Waals surface area contributed by atoms with Gasteiger partial charge in [-0.15, -0.1) is 5.10 Å². The Labute approximate surface area is 166 Å². The van der Waals surface area contributed by atoms with Crippen molar-refractivity contribution in [2.24, 2.45) is 0 Å². The Morgan fingerprint density at radius 3 is 2.50 bits per heavy atom. The fourth-order valence-corrected chi connectivity index (χ4v) is 2.90. The molecule has 1 heterocycles. The molecule has 0 saturated carbocycles. The third-order valence-corrected chi connectivity index (χ3v) is 4.45. The Morgan fingerprint density at radius 2 is 1.89 bits per heavy atom. The van der Waals surface area contributed by atoms with E-state index in [2.05, 4.69) is 15.6 Å². The van der Waals surface area contributed by atoms with Gasteiger partial charge in [0.2, 0.25) is 0 Å². The molecule has 0 aliphatic rings. The van der Waals surface area contributed by atoms with Crippen LogP contribution in [-0.2, 0) is 11.3 Å². The zero-order valence-electron chi connectivity index (χ0n) is 15.2. The van der Waals surface area contributed by atoms with Crippen LogP contribution in [0.1, 0.15) is 16.2 Å². The SMILES string of the molecule is COCc1c(C(=O)Nc2ccc(SC#N)cc2)nnn1-c1ccc(OC)cc1. The molecule has 3 aromatic rings. The predicted octanol–water partition coefficient (Wildman–Crippen LogP) is 3.25. The van der Waals surface area contributed by atoms with Gasteiger partial charge in [-0.05, 0) is 60.3 Å². The van der Waals surface area contributed by atoms with Crippen molar-refractivity contribution in [1.29, 1.82) is 5.26 Å². The van der Waals surface area contributed by atoms with Crippen LogP contribution in [0.3, 0.4) is 0 Å². The lowest BCUT2D eigenvalue weighted by Gasteiger charge is -2.09. The molecule has 1 amide bonds. The number of amides is 1. The Kier molecular flexibility index (Phi) is 6.26. The highest BCUT2D eigenvalue weighted by atomic mass is 32.2. The van der Waals surface area contributed by atoms with Crippen molar-refractivity contribution in [1.82, 2.24) is 15.0 Å². The standard InChI is InChI=1S/C19H17N5O3S/c1-26-11-17-18(19(25)21-13-3-9-16(10-4-13)28-12-20)22-23-24(17)14-5-7-15(27-2)8-6-14/h3-10H,11H2,1-2H3,(H,21,25). The summed E-state index contributed by atoms with van der Waals surface area (Å²) in [6.45, 7) is 0.166. The number of anilines is 1. The number of ether oxygens (including phenoxy) is 2. The summed E-state index contributed by atoms with van der Waals surface area (Å²) >= 11 is 1.05. The average molecular weight is 395 g/mol. The van der Waals surface area contributed by atoms with Gasteiger partial charge in [-0.1, -0.05) is 5.21 Å². The van der Waals surface area contributed by atoms with Gasteiger partial charge in [-0.2, -0.15) is 5.26 Å². The van der Waals surface area contributed by atoms with Crippen LogP contribution in [0, 0.1) is 10.7 Å². The molecule has 142 valence electrons. The van der Waals surface area contributed by atoms with Crippen molar-refractivity contribution in [3.63, 3.8) is 0 Å². The number of carbonyl (C=O) groups is 1. The fourth-order valence-electron chi connectivity index (χ4n) is 2.52. The molecule has 1 aromatic heterocycles. The van der Waals surface area contributed by atoms with E-state index in [1.165, 1.54) is 0 Å². The third-order valence-electron chi connectivity index (χ3n) is 3.85. The van der Waals surface area contributed by atoms with Crippen molar-refractivity contribution >= 4 is 23.4 Å². The number of benzene rings is 2. The summed E-state index contributed by atoms with van der Waals surface area (Å²) in [4.78, 5) is 13.5. The van der Waals surface area contributed by atoms with Gasteiger partial charge in [-0.3, -0.25) is 4.79 Å². The van der Waals surface area contributed by atoms with E-state index in [4.69, 9.17) is 14.7 Å². The summed E-state index contributed by atoms with van der Waals surface area (Å²) in [7, 11) is 3.13. The Bertz CT molecular complexity index is 994. The maximum absolute atomic E-state index is 12.7. The maximum atomic E-state index is 12.7. The zero-order chi connectivity index (χ0) is 19.9. The molecule has 0 saturated heterocycles. The molecule has 3 rings (SSSR count). The topological polar surface area (TPSA) is 102 Å². The Morgan fingerprint density at radius 1 is 1.18 bits per heavy atom. The van der Waals surface area contributed by atoms with E-state index in [1.807, 2.05) is 17.5 Å². The van der Waals surface area contributed by atoms with Crippen LogP contribution in [0.4, 0.5) is 5.69 Å². The molecule has 0 aliphatic heterocycles. The van der Waals surface area contributed by atoms with E-state index >= 15 is 0 Å². The number of hydrogen-bond donors (Lipinski definition) is 1. The molecule has 1 N–H and O–H groups in total. The van der Waals surface area contributed by atoms with Crippen LogP contribution in [-0.4, -0.2) is 35.1 Å². The van der Waals surface area contributed by atoms with Gasteiger partial charge in [0.25, 0.3) is 5.91 Å². The molecule has 0 atom stereocenters. The lowest BCUT2D eigenvalue weighted by Crippen LogP contribution is -2.16. The number of thioether (sulfide) groups is 1. The number of aromatic nitrogens is 3. The number of hydrogen-bond acceptors (Lipinski definition) is 7. The minimum atomic E-state index is -0.396. The second-order valence-electron chi connectivity index (χ2n) is 5.60. The first-order valence-corrected chi connectivity index (χ1v) is 9.03. The van der Waals surface area contributed by atoms with Gasteiger partial charge in [0.15, 0.2) is 5.69 Å². The highest BCUT2D eigenvalue weighted by molar-refractivity contribution is 8.03. The monoisotopic (exact) mass is 395 g/mol. The van der Waals surface area contributed by atoms with E-state index in [0.29, 0.717) is 17.1 Å². The summed E-state index contributed by atoms with van der Waals surface area (Å²) in [6.07, 6.45) is 0. The largest absolute Gasteiger partial charge is 0.497 e. The van der Waals surface area contributed by atoms with Crippen molar-refractivity contribution in [3.05, 3.63) is 59.9 Å². The lowest BCUT2D eigenvalue weighted by atomic mass is 10.2. The number of nitriles is 1. The van der Waals surface area contributed by atoms with Crippen molar-refractivity contribution < 1.29 is 14.3 Å². The minimum absolute atomic E-state index is 0.166. The van der Waals surface area contributed by atoms with Crippen molar-refractivity contribution in [3.8, 4) is 16.8 Å². The van der Waals surface area contributed by atoms with Gasteiger partial charge >= 0.3 is 0 Å². The van der Waals surface area contributed by atoms with Gasteiger partial charge in [-0.25, -0.2) is 4.68 Å². The van der Waals surface area contributed by atoms with Crippen LogP contribution < -0.4 is 10.1 Å². The minimum Gasteiger partial charge on any atom is -0.497 e. The highest BCUT2D eigenvalue weighted by Crippen LogP contribution is 2.21. The molecular weight excluding hydrogens is 378 g/mol. The summed E-state index contributed by atoms with van der Waals surface area (Å²) in [5.74, 6) is 0.320. The first kappa shape index (κ1) is 19.4. The quantitative estimate of drug-likeness (QED) is 0.484. The molecule has 28 heavy (non-hydrogen) atoms. The molecule has 2 aromatic carbocycles. The van der Waals surface area contributed by atoms with Gasteiger partial charge in [0.1, 0.15) is 16.8 Å². The van der Waals surface area contributed by atoms with Crippen LogP contribution >= 0.6 is 11.8 Å². The van der Waals surface area contributed by atoms with Crippen LogP contribution in [0.15, 0.2) is 53.4 Å². The number of methoxy groups -OCH3 is 2. The lowest BCUT2D eigenvalue weighted by molar-refractivity contribution is 0.101. The van der Waals surface area contributed by atoms with Crippen LogP contribution in [0.2, 0.25) is 0 Å². The normalized spacial score (nSPS) is 10.3. The predicted molar refractivity (Wildman–Crippen MR) is 104 cm³/mol. The first-order chi connectivity index (χ1) is 13.7. The second kappa shape index (κ2) is 9.03. The van der Waals surface area contributed by atoms with Gasteiger partial charge in [0, 0.05) is 17.7 Å². The van der Waals surface area contributed by atoms with E-state index in [1.54, 1.807) is 55.3 Å². The van der Waals surface area contributed by atoms with E-state index in [9.17, 15) is 4.79 Å². The van der Waals surface area contributed by atoms with Crippen LogP contribution in [0.25, 0.3) is 5.69 Å². The number of rotatable bonds is 7. The third kappa shape index (κ3) is 4.31. The number of carbonyl (C=O) groups excluding carboxylic acids is 1. The molecule has 0 aliphatic carbocycles. The molecule has 8 nitrogen and oxygen atoms in total. The maximum Gasteiger partial charge on any atom is 0.278 e. The summed E-state index contributed by atoms with van der Waals surface area (Å²) in [5, 5.41) is 21.6. The van der Waals surface area contributed by atoms with Crippen molar-refractivity contribution in [2.45, 2.75) is 11.5 Å². The molecular formula is C19H17N5O3S. The number of nitrogens with one attached hydrogen (secondary N) is 1. The summed E-state index contributed by atoms with van der Waals surface area (Å²) in [5.41, 5.74) is 2.03. The van der Waals surface area contributed by atoms with Crippen LogP contribution in [0.5, 0.6) is 5.75 Å². The number of nitrogens with zero attached hydrogens (tertiary/aromatic N) is 4.